The van der Waals surface area contributed by atoms with Crippen molar-refractivity contribution in [1.29, 1.82) is 0 Å². The molecule has 1 aliphatic carbocycles. The number of rotatable bonds is 7. The number of amides is 1. The molecule has 2 N–H and O–H groups in total. The van der Waals surface area contributed by atoms with Crippen molar-refractivity contribution in [1.82, 2.24) is 20.2 Å². The molecule has 4 rings (SSSR count). The first-order valence-electron chi connectivity index (χ1n) is 10.2. The zero-order valence-corrected chi connectivity index (χ0v) is 17.7. The highest BCUT2D eigenvalue weighted by Crippen LogP contribution is 2.33. The monoisotopic (exact) mass is 428 g/mol. The Labute approximate surface area is 178 Å². The van der Waals surface area contributed by atoms with Crippen LogP contribution in [0.15, 0.2) is 35.4 Å². The first kappa shape index (κ1) is 20.7. The van der Waals surface area contributed by atoms with Crippen LogP contribution >= 0.6 is 11.3 Å². The molecule has 0 aliphatic heterocycles. The molecule has 1 unspecified atom stereocenters. The number of fused-ring (bicyclic) bond motifs is 3. The van der Waals surface area contributed by atoms with Crippen molar-refractivity contribution in [3.05, 3.63) is 62.8 Å². The van der Waals surface area contributed by atoms with Crippen molar-refractivity contribution in [2.45, 2.75) is 45.2 Å². The molecule has 0 saturated carbocycles. The molecule has 0 spiro atoms. The zero-order valence-electron chi connectivity index (χ0n) is 16.9. The van der Waals surface area contributed by atoms with Crippen LogP contribution in [0.2, 0.25) is 0 Å². The van der Waals surface area contributed by atoms with Gasteiger partial charge in [0.15, 0.2) is 0 Å². The number of hydrogen-bond donors (Lipinski definition) is 2. The first-order chi connectivity index (χ1) is 14.5. The van der Waals surface area contributed by atoms with Gasteiger partial charge in [0.1, 0.15) is 10.6 Å². The molecule has 0 saturated heterocycles. The van der Waals surface area contributed by atoms with Crippen LogP contribution in [0, 0.1) is 5.82 Å². The van der Waals surface area contributed by atoms with Crippen LogP contribution in [0.1, 0.15) is 29.3 Å². The summed E-state index contributed by atoms with van der Waals surface area (Å²) in [5.41, 5.74) is 1.68. The third-order valence-corrected chi connectivity index (χ3v) is 6.71. The van der Waals surface area contributed by atoms with Crippen LogP contribution in [0.4, 0.5) is 4.39 Å². The fraction of sp³-hybridized carbons (Fsp3) is 0.409. The number of aryl methyl sites for hydroxylation is 3. The van der Waals surface area contributed by atoms with Gasteiger partial charge in [0.2, 0.25) is 5.91 Å². The normalized spacial score (nSPS) is 15.9. The Morgan fingerprint density at radius 3 is 2.97 bits per heavy atom. The maximum Gasteiger partial charge on any atom is 0.262 e. The van der Waals surface area contributed by atoms with Gasteiger partial charge in [-0.1, -0.05) is 18.2 Å². The molecule has 2 aromatic heterocycles. The minimum atomic E-state index is -0.246. The summed E-state index contributed by atoms with van der Waals surface area (Å²) in [6.45, 7) is 3.26. The fourth-order valence-corrected chi connectivity index (χ4v) is 5.25. The summed E-state index contributed by atoms with van der Waals surface area (Å²) in [6, 6.07) is 6.99. The van der Waals surface area contributed by atoms with E-state index in [1.165, 1.54) is 17.9 Å². The van der Waals surface area contributed by atoms with E-state index < -0.39 is 0 Å². The molecule has 30 heavy (non-hydrogen) atoms. The first-order valence-corrected chi connectivity index (χ1v) is 11.1. The van der Waals surface area contributed by atoms with Gasteiger partial charge in [0.25, 0.3) is 5.56 Å². The maximum absolute atomic E-state index is 13.9. The molecule has 6 nitrogen and oxygen atoms in total. The smallest absolute Gasteiger partial charge is 0.262 e. The quantitative estimate of drug-likeness (QED) is 0.567. The lowest BCUT2D eigenvalue weighted by Crippen LogP contribution is -2.39. The van der Waals surface area contributed by atoms with E-state index in [-0.39, 0.29) is 17.3 Å². The number of carbonyl (C=O) groups excluding carboxylic acids is 1. The molecule has 2 heterocycles. The number of nitrogens with zero attached hydrogens (tertiary/aromatic N) is 2. The number of halogens is 1. The van der Waals surface area contributed by atoms with E-state index in [4.69, 9.17) is 0 Å². The lowest BCUT2D eigenvalue weighted by atomic mass is 9.93. The van der Waals surface area contributed by atoms with Gasteiger partial charge >= 0.3 is 0 Å². The lowest BCUT2D eigenvalue weighted by molar-refractivity contribution is -0.118. The van der Waals surface area contributed by atoms with E-state index in [1.54, 1.807) is 40.4 Å². The largest absolute Gasteiger partial charge is 0.355 e. The lowest BCUT2D eigenvalue weighted by Gasteiger charge is -2.23. The molecule has 1 amide bonds. The standard InChI is InChI=1S/C22H25FN4O2S/c1-14(28)24-9-10-25-16-6-7-17-19(12-16)30-21-20(17)22(29)27(13-26-21)11-8-15-4-2-3-5-18(15)23/h2-5,13,16,25H,6-12H2,1H3,(H,24,28). The number of thiophene rings is 1. The van der Waals surface area contributed by atoms with E-state index >= 15 is 0 Å². The fourth-order valence-electron chi connectivity index (χ4n) is 3.99. The molecule has 3 aromatic rings. The summed E-state index contributed by atoms with van der Waals surface area (Å²) in [4.78, 5) is 30.6. The highest BCUT2D eigenvalue weighted by molar-refractivity contribution is 7.18. The molecular weight excluding hydrogens is 403 g/mol. The second-order valence-electron chi connectivity index (χ2n) is 7.65. The summed E-state index contributed by atoms with van der Waals surface area (Å²) in [6.07, 6.45) is 4.68. The van der Waals surface area contributed by atoms with Gasteiger partial charge < -0.3 is 10.6 Å². The van der Waals surface area contributed by atoms with Crippen molar-refractivity contribution >= 4 is 27.5 Å². The number of aromatic nitrogens is 2. The SMILES string of the molecule is CC(=O)NCCNC1CCc2c(sc3ncn(CCc4ccccc4F)c(=O)c23)C1. The van der Waals surface area contributed by atoms with Gasteiger partial charge in [0.05, 0.1) is 11.7 Å². The van der Waals surface area contributed by atoms with Crippen LogP contribution < -0.4 is 16.2 Å². The predicted octanol–water partition coefficient (Wildman–Crippen LogP) is 2.42. The third kappa shape index (κ3) is 4.44. The summed E-state index contributed by atoms with van der Waals surface area (Å²) < 4.78 is 15.5. The Morgan fingerprint density at radius 2 is 2.17 bits per heavy atom. The molecule has 0 bridgehead atoms. The summed E-state index contributed by atoms with van der Waals surface area (Å²) in [7, 11) is 0. The van der Waals surface area contributed by atoms with E-state index in [9.17, 15) is 14.0 Å². The van der Waals surface area contributed by atoms with Crippen molar-refractivity contribution < 1.29 is 9.18 Å². The van der Waals surface area contributed by atoms with Gasteiger partial charge in [0, 0.05) is 37.5 Å². The molecule has 0 radical (unpaired) electrons. The zero-order chi connectivity index (χ0) is 21.1. The number of nitrogens with one attached hydrogen (secondary N) is 2. The minimum absolute atomic E-state index is 0.0235. The van der Waals surface area contributed by atoms with E-state index in [1.807, 2.05) is 0 Å². The summed E-state index contributed by atoms with van der Waals surface area (Å²) in [5.74, 6) is -0.269. The molecule has 1 aliphatic rings. The predicted molar refractivity (Wildman–Crippen MR) is 116 cm³/mol. The topological polar surface area (TPSA) is 76.0 Å². The van der Waals surface area contributed by atoms with E-state index in [2.05, 4.69) is 15.6 Å². The molecule has 1 aromatic carbocycles. The summed E-state index contributed by atoms with van der Waals surface area (Å²) in [5, 5.41) is 7.00. The van der Waals surface area contributed by atoms with E-state index in [0.717, 1.165) is 41.6 Å². The van der Waals surface area contributed by atoms with Gasteiger partial charge in [-0.25, -0.2) is 9.37 Å². The Morgan fingerprint density at radius 1 is 1.33 bits per heavy atom. The van der Waals surface area contributed by atoms with Crippen molar-refractivity contribution in [2.24, 2.45) is 0 Å². The molecular formula is C22H25FN4O2S. The Bertz CT molecular complexity index is 1120. The number of benzene rings is 1. The second kappa shape index (κ2) is 9.06. The molecule has 1 atom stereocenters. The average Bonchev–Trinajstić information content (AvgIpc) is 3.10. The average molecular weight is 429 g/mol. The van der Waals surface area contributed by atoms with Crippen LogP contribution in [-0.2, 0) is 30.6 Å². The van der Waals surface area contributed by atoms with Crippen LogP contribution in [0.5, 0.6) is 0 Å². The third-order valence-electron chi connectivity index (χ3n) is 5.55. The van der Waals surface area contributed by atoms with Gasteiger partial charge in [-0.3, -0.25) is 14.2 Å². The van der Waals surface area contributed by atoms with Gasteiger partial charge in [-0.05, 0) is 42.9 Å². The highest BCUT2D eigenvalue weighted by atomic mass is 32.1. The Balaban J connectivity index is 1.48. The number of carbonyl (C=O) groups is 1. The van der Waals surface area contributed by atoms with Crippen LogP contribution in [0.3, 0.4) is 0 Å². The maximum atomic E-state index is 13.9. The molecule has 0 fully saturated rings. The minimum Gasteiger partial charge on any atom is -0.355 e. The van der Waals surface area contributed by atoms with Gasteiger partial charge in [-0.2, -0.15) is 0 Å². The molecule has 158 valence electrons. The van der Waals surface area contributed by atoms with Crippen LogP contribution in [0.25, 0.3) is 10.2 Å². The van der Waals surface area contributed by atoms with Gasteiger partial charge in [-0.15, -0.1) is 11.3 Å². The number of hydrogen-bond acceptors (Lipinski definition) is 5. The van der Waals surface area contributed by atoms with Crippen molar-refractivity contribution in [3.8, 4) is 0 Å². The van der Waals surface area contributed by atoms with E-state index in [0.29, 0.717) is 31.1 Å². The van der Waals surface area contributed by atoms with Crippen molar-refractivity contribution in [3.63, 3.8) is 0 Å². The Hall–Kier alpha value is -2.58. The van der Waals surface area contributed by atoms with Crippen molar-refractivity contribution in [2.75, 3.05) is 13.1 Å². The Kier molecular flexibility index (Phi) is 6.24. The second-order valence-corrected chi connectivity index (χ2v) is 8.73. The van der Waals surface area contributed by atoms with Crippen LogP contribution in [-0.4, -0.2) is 34.6 Å². The highest BCUT2D eigenvalue weighted by Gasteiger charge is 2.25. The summed E-state index contributed by atoms with van der Waals surface area (Å²) >= 11 is 1.59. The molecule has 8 heteroatoms.